The standard InChI is InChI=1S/C15H31N5O3S.HI/c1-5-7-9-16-15(17-11-14(21)19(3)4)20-10-8-13(12-20)24(22,23)18-6-2;/h13,18H,5-12H2,1-4H3,(H,16,17);1H. The van der Waals surface area contributed by atoms with Crippen LogP contribution in [0, 0.1) is 0 Å². The number of guanidine groups is 1. The van der Waals surface area contributed by atoms with Crippen LogP contribution in [0.4, 0.5) is 0 Å². The van der Waals surface area contributed by atoms with Gasteiger partial charge < -0.3 is 15.1 Å². The molecule has 1 atom stereocenters. The first-order valence-corrected chi connectivity index (χ1v) is 10.1. The van der Waals surface area contributed by atoms with Crippen LogP contribution in [0.25, 0.3) is 0 Å². The summed E-state index contributed by atoms with van der Waals surface area (Å²) in [7, 11) is 0.0868. The number of halogens is 1. The van der Waals surface area contributed by atoms with Crippen LogP contribution in [0.2, 0.25) is 0 Å². The fourth-order valence-electron chi connectivity index (χ4n) is 2.42. The number of aliphatic imine (C=N–C) groups is 1. The zero-order chi connectivity index (χ0) is 18.2. The van der Waals surface area contributed by atoms with Gasteiger partial charge in [-0.1, -0.05) is 20.3 Å². The van der Waals surface area contributed by atoms with Crippen LogP contribution in [0.1, 0.15) is 33.1 Å². The Balaban J connectivity index is 0.00000576. The molecule has 1 fully saturated rings. The van der Waals surface area contributed by atoms with Crippen molar-refractivity contribution in [2.45, 2.75) is 38.4 Å². The quantitative estimate of drug-likeness (QED) is 0.224. The minimum atomic E-state index is -3.30. The summed E-state index contributed by atoms with van der Waals surface area (Å²) in [5.74, 6) is 0.536. The average Bonchev–Trinajstić information content (AvgIpc) is 3.01. The maximum atomic E-state index is 12.2. The van der Waals surface area contributed by atoms with E-state index in [4.69, 9.17) is 0 Å². The number of nitrogens with one attached hydrogen (secondary N) is 2. The number of likely N-dealkylation sites (N-methyl/N-ethyl adjacent to an activating group) is 1. The molecule has 2 N–H and O–H groups in total. The zero-order valence-electron chi connectivity index (χ0n) is 15.6. The van der Waals surface area contributed by atoms with E-state index in [-0.39, 0.29) is 36.4 Å². The minimum Gasteiger partial charge on any atom is -0.356 e. The normalized spacial score (nSPS) is 18.0. The van der Waals surface area contributed by atoms with Crippen molar-refractivity contribution >= 4 is 45.9 Å². The molecule has 8 nitrogen and oxygen atoms in total. The summed E-state index contributed by atoms with van der Waals surface area (Å²) < 4.78 is 26.9. The Kier molecular flexibility index (Phi) is 11.6. The summed E-state index contributed by atoms with van der Waals surface area (Å²) in [6.45, 7) is 6.09. The molecule has 1 saturated heterocycles. The molecule has 0 bridgehead atoms. The summed E-state index contributed by atoms with van der Waals surface area (Å²) in [5.41, 5.74) is 0. The molecule has 148 valence electrons. The first-order chi connectivity index (χ1) is 11.3. The molecule has 1 amide bonds. The van der Waals surface area contributed by atoms with Crippen molar-refractivity contribution in [1.29, 1.82) is 0 Å². The lowest BCUT2D eigenvalue weighted by atomic mass is 10.3. The van der Waals surface area contributed by atoms with Gasteiger partial charge in [-0.15, -0.1) is 24.0 Å². The van der Waals surface area contributed by atoms with Crippen molar-refractivity contribution in [1.82, 2.24) is 19.8 Å². The molecule has 10 heteroatoms. The van der Waals surface area contributed by atoms with Gasteiger partial charge in [-0.3, -0.25) is 4.79 Å². The minimum absolute atomic E-state index is 0. The number of hydrogen-bond acceptors (Lipinski definition) is 4. The highest BCUT2D eigenvalue weighted by Crippen LogP contribution is 2.16. The maximum absolute atomic E-state index is 12.2. The Bertz CT molecular complexity index is 539. The van der Waals surface area contributed by atoms with Crippen molar-refractivity contribution in [2.24, 2.45) is 4.99 Å². The molecule has 1 unspecified atom stereocenters. The molecule has 25 heavy (non-hydrogen) atoms. The van der Waals surface area contributed by atoms with E-state index in [0.717, 1.165) is 19.4 Å². The van der Waals surface area contributed by atoms with Gasteiger partial charge in [0, 0.05) is 40.3 Å². The first-order valence-electron chi connectivity index (χ1n) is 8.53. The second-order valence-electron chi connectivity index (χ2n) is 6.11. The summed E-state index contributed by atoms with van der Waals surface area (Å²) in [4.78, 5) is 19.6. The van der Waals surface area contributed by atoms with Crippen LogP contribution < -0.4 is 10.0 Å². The fraction of sp³-hybridized carbons (Fsp3) is 0.867. The number of amides is 1. The molecule has 1 rings (SSSR count). The van der Waals surface area contributed by atoms with E-state index in [1.54, 1.807) is 21.0 Å². The molecule has 0 aromatic carbocycles. The van der Waals surface area contributed by atoms with Crippen molar-refractivity contribution < 1.29 is 13.2 Å². The lowest BCUT2D eigenvalue weighted by molar-refractivity contribution is -0.127. The van der Waals surface area contributed by atoms with Gasteiger partial charge in [0.1, 0.15) is 6.54 Å². The molecular weight excluding hydrogens is 457 g/mol. The highest BCUT2D eigenvalue weighted by molar-refractivity contribution is 14.0. The van der Waals surface area contributed by atoms with E-state index in [0.29, 0.717) is 32.0 Å². The lowest BCUT2D eigenvalue weighted by Crippen LogP contribution is -2.43. The molecule has 0 aromatic rings. The molecule has 0 radical (unpaired) electrons. The third-order valence-corrected chi connectivity index (χ3v) is 5.86. The highest BCUT2D eigenvalue weighted by atomic mass is 127. The Hall–Kier alpha value is -0.620. The molecule has 0 saturated carbocycles. The fourth-order valence-corrected chi connectivity index (χ4v) is 3.85. The van der Waals surface area contributed by atoms with E-state index in [1.165, 1.54) is 4.90 Å². The molecular formula is C15H32IN5O3S. The molecule has 1 heterocycles. The summed E-state index contributed by atoms with van der Waals surface area (Å²) in [6.07, 6.45) is 2.60. The third-order valence-electron chi connectivity index (χ3n) is 3.91. The van der Waals surface area contributed by atoms with Gasteiger partial charge in [0.2, 0.25) is 15.9 Å². The topological polar surface area (TPSA) is 94.1 Å². The molecule has 1 aliphatic heterocycles. The molecule has 0 aliphatic carbocycles. The van der Waals surface area contributed by atoms with Gasteiger partial charge in [0.05, 0.1) is 5.25 Å². The van der Waals surface area contributed by atoms with Crippen LogP contribution in [0.3, 0.4) is 0 Å². The Morgan fingerprint density at radius 2 is 2.00 bits per heavy atom. The van der Waals surface area contributed by atoms with E-state index >= 15 is 0 Å². The van der Waals surface area contributed by atoms with Gasteiger partial charge >= 0.3 is 0 Å². The summed E-state index contributed by atoms with van der Waals surface area (Å²) in [5, 5.41) is 2.81. The highest BCUT2D eigenvalue weighted by Gasteiger charge is 2.34. The second kappa shape index (κ2) is 11.9. The van der Waals surface area contributed by atoms with Crippen LogP contribution in [0.15, 0.2) is 4.99 Å². The van der Waals surface area contributed by atoms with E-state index in [2.05, 4.69) is 22.0 Å². The zero-order valence-corrected chi connectivity index (χ0v) is 18.8. The monoisotopic (exact) mass is 489 g/mol. The van der Waals surface area contributed by atoms with Gasteiger partial charge in [0.25, 0.3) is 0 Å². The van der Waals surface area contributed by atoms with E-state index in [9.17, 15) is 13.2 Å². The predicted molar refractivity (Wildman–Crippen MR) is 112 cm³/mol. The Labute approximate surface area is 168 Å². The number of likely N-dealkylation sites (tertiary alicyclic amines) is 1. The van der Waals surface area contributed by atoms with Gasteiger partial charge in [-0.05, 0) is 12.8 Å². The van der Waals surface area contributed by atoms with E-state index < -0.39 is 15.3 Å². The van der Waals surface area contributed by atoms with Crippen LogP contribution >= 0.6 is 24.0 Å². The Morgan fingerprint density at radius 1 is 1.32 bits per heavy atom. The van der Waals surface area contributed by atoms with Crippen molar-refractivity contribution in [3.05, 3.63) is 0 Å². The molecule has 0 spiro atoms. The number of rotatable bonds is 8. The molecule has 0 aromatic heterocycles. The lowest BCUT2D eigenvalue weighted by Gasteiger charge is -2.22. The number of hydrogen-bond donors (Lipinski definition) is 2. The first kappa shape index (κ1) is 24.4. The van der Waals surface area contributed by atoms with Crippen LogP contribution in [-0.2, 0) is 14.8 Å². The van der Waals surface area contributed by atoms with Crippen molar-refractivity contribution in [2.75, 3.05) is 46.8 Å². The van der Waals surface area contributed by atoms with Crippen LogP contribution in [0.5, 0.6) is 0 Å². The number of unbranched alkanes of at least 4 members (excludes halogenated alkanes) is 1. The number of sulfonamides is 1. The summed E-state index contributed by atoms with van der Waals surface area (Å²) >= 11 is 0. The second-order valence-corrected chi connectivity index (χ2v) is 8.15. The van der Waals surface area contributed by atoms with E-state index in [1.807, 2.05) is 4.90 Å². The largest absolute Gasteiger partial charge is 0.356 e. The Morgan fingerprint density at radius 3 is 2.56 bits per heavy atom. The smallest absolute Gasteiger partial charge is 0.243 e. The predicted octanol–water partition coefficient (Wildman–Crippen LogP) is 0.452. The number of carbonyl (C=O) groups is 1. The number of carbonyl (C=O) groups excluding carboxylic acids is 1. The van der Waals surface area contributed by atoms with Crippen LogP contribution in [-0.4, -0.2) is 82.2 Å². The SMILES string of the molecule is CCCCNC(=NCC(=O)N(C)C)N1CCC(S(=O)(=O)NCC)C1.I. The van der Waals surface area contributed by atoms with Gasteiger partial charge in [0.15, 0.2) is 5.96 Å². The number of nitrogens with zero attached hydrogens (tertiary/aromatic N) is 3. The maximum Gasteiger partial charge on any atom is 0.243 e. The third kappa shape index (κ3) is 8.07. The summed E-state index contributed by atoms with van der Waals surface area (Å²) in [6, 6.07) is 0. The molecule has 1 aliphatic rings. The van der Waals surface area contributed by atoms with Gasteiger partial charge in [-0.2, -0.15) is 0 Å². The van der Waals surface area contributed by atoms with Crippen molar-refractivity contribution in [3.63, 3.8) is 0 Å². The van der Waals surface area contributed by atoms with Crippen molar-refractivity contribution in [3.8, 4) is 0 Å². The average molecular weight is 489 g/mol. The van der Waals surface area contributed by atoms with Gasteiger partial charge in [-0.25, -0.2) is 18.1 Å².